The minimum Gasteiger partial charge on any atom is -0.508 e. The van der Waals surface area contributed by atoms with E-state index in [1.54, 1.807) is 32.9 Å². The lowest BCUT2D eigenvalue weighted by atomic mass is 9.46. The van der Waals surface area contributed by atoms with Gasteiger partial charge in [0, 0.05) is 17.9 Å². The van der Waals surface area contributed by atoms with Crippen LogP contribution in [0.3, 0.4) is 0 Å². The molecule has 42 heavy (non-hydrogen) atoms. The maximum Gasteiger partial charge on any atom is 0.339 e. The summed E-state index contributed by atoms with van der Waals surface area (Å²) >= 11 is 0. The summed E-state index contributed by atoms with van der Waals surface area (Å²) in [5.41, 5.74) is 1.64. The van der Waals surface area contributed by atoms with Crippen molar-refractivity contribution in [2.75, 3.05) is 4.90 Å². The second-order valence-electron chi connectivity index (χ2n) is 12.2. The molecule has 2 fully saturated rings. The van der Waals surface area contributed by atoms with E-state index in [9.17, 15) is 39.3 Å². The number of phenols is 2. The number of fused-ring (bicyclic) bond motifs is 4. The summed E-state index contributed by atoms with van der Waals surface area (Å²) in [6, 6.07) is 8.72. The Morgan fingerprint density at radius 1 is 0.905 bits per heavy atom. The van der Waals surface area contributed by atoms with Crippen LogP contribution in [0.2, 0.25) is 0 Å². The van der Waals surface area contributed by atoms with Gasteiger partial charge in [-0.05, 0) is 80.0 Å². The SMILES string of the molecule is CC1=C(C)C(=O)[C@@]2(C)[C@@H](c3ccc(O)c(C)c3)C3=CC[C@@H]4C(=O)N(c5ccc(C(=O)O)c(O)c5)C(=O)[C@@H]4[C@@H]3C[C@H]2C1=O. The molecule has 1 saturated carbocycles. The van der Waals surface area contributed by atoms with Crippen LogP contribution >= 0.6 is 0 Å². The first-order chi connectivity index (χ1) is 19.8. The fourth-order valence-corrected chi connectivity index (χ4v) is 7.91. The molecule has 0 unspecified atom stereocenters. The van der Waals surface area contributed by atoms with Gasteiger partial charge in [-0.15, -0.1) is 0 Å². The number of benzene rings is 2. The Morgan fingerprint density at radius 2 is 1.62 bits per heavy atom. The summed E-state index contributed by atoms with van der Waals surface area (Å²) in [5, 5.41) is 29.8. The molecule has 3 N–H and O–H groups in total. The number of nitrogens with zero attached hydrogens (tertiary/aromatic N) is 1. The van der Waals surface area contributed by atoms with Crippen LogP contribution < -0.4 is 4.90 Å². The molecule has 9 heteroatoms. The smallest absolute Gasteiger partial charge is 0.339 e. The van der Waals surface area contributed by atoms with Crippen LogP contribution in [-0.2, 0) is 19.2 Å². The number of aryl methyl sites for hydroxylation is 1. The summed E-state index contributed by atoms with van der Waals surface area (Å²) < 4.78 is 0. The predicted octanol–water partition coefficient (Wildman–Crippen LogP) is 4.45. The Kier molecular flexibility index (Phi) is 6.08. The molecule has 3 aliphatic carbocycles. The van der Waals surface area contributed by atoms with Crippen LogP contribution in [-0.4, -0.2) is 44.7 Å². The first-order valence-electron chi connectivity index (χ1n) is 14.0. The van der Waals surface area contributed by atoms with Gasteiger partial charge in [0.15, 0.2) is 11.6 Å². The molecule has 4 aliphatic rings. The zero-order chi connectivity index (χ0) is 30.4. The van der Waals surface area contributed by atoms with E-state index in [0.29, 0.717) is 16.7 Å². The van der Waals surface area contributed by atoms with Crippen LogP contribution in [0.1, 0.15) is 61.0 Å². The van der Waals surface area contributed by atoms with E-state index in [1.165, 1.54) is 6.07 Å². The van der Waals surface area contributed by atoms with Crippen molar-refractivity contribution in [1.82, 2.24) is 0 Å². The van der Waals surface area contributed by atoms with E-state index < -0.39 is 58.5 Å². The molecule has 0 bridgehead atoms. The maximum absolute atomic E-state index is 14.1. The number of imide groups is 1. The van der Waals surface area contributed by atoms with Crippen LogP contribution in [0.15, 0.2) is 59.2 Å². The monoisotopic (exact) mass is 569 g/mol. The van der Waals surface area contributed by atoms with E-state index >= 15 is 0 Å². The number of carboxylic acid groups (broad SMARTS) is 1. The van der Waals surface area contributed by atoms with Crippen molar-refractivity contribution in [3.8, 4) is 11.5 Å². The molecular formula is C33H31NO8. The lowest BCUT2D eigenvalue weighted by Crippen LogP contribution is -2.55. The Labute approximate surface area is 242 Å². The number of anilines is 1. The predicted molar refractivity (Wildman–Crippen MR) is 151 cm³/mol. The van der Waals surface area contributed by atoms with Crippen LogP contribution in [0.25, 0.3) is 0 Å². The number of carbonyl (C=O) groups is 5. The lowest BCUT2D eigenvalue weighted by molar-refractivity contribution is -0.142. The van der Waals surface area contributed by atoms with Gasteiger partial charge in [0.25, 0.3) is 0 Å². The van der Waals surface area contributed by atoms with E-state index in [2.05, 4.69) is 0 Å². The summed E-state index contributed by atoms with van der Waals surface area (Å²) in [5.74, 6) is -6.26. The van der Waals surface area contributed by atoms with Gasteiger partial charge in [0.2, 0.25) is 11.8 Å². The van der Waals surface area contributed by atoms with Crippen LogP contribution in [0, 0.1) is 36.0 Å². The second kappa shape index (κ2) is 9.24. The molecule has 1 saturated heterocycles. The van der Waals surface area contributed by atoms with Gasteiger partial charge < -0.3 is 15.3 Å². The van der Waals surface area contributed by atoms with Gasteiger partial charge in [0.05, 0.1) is 22.9 Å². The molecular weight excluding hydrogens is 538 g/mol. The first-order valence-corrected chi connectivity index (χ1v) is 14.0. The van der Waals surface area contributed by atoms with Crippen molar-refractivity contribution in [1.29, 1.82) is 0 Å². The Bertz CT molecular complexity index is 1700. The average Bonchev–Trinajstić information content (AvgIpc) is 3.21. The highest BCUT2D eigenvalue weighted by molar-refractivity contribution is 6.23. The topological polar surface area (TPSA) is 149 Å². The normalized spacial score (nSPS) is 30.6. The quantitative estimate of drug-likeness (QED) is 0.363. The number of rotatable bonds is 3. The number of aromatic carboxylic acids is 1. The third-order valence-electron chi connectivity index (χ3n) is 10.2. The van der Waals surface area contributed by atoms with Gasteiger partial charge >= 0.3 is 5.97 Å². The van der Waals surface area contributed by atoms with Crippen molar-refractivity contribution in [3.63, 3.8) is 0 Å². The molecule has 0 radical (unpaired) electrons. The Balaban J connectivity index is 1.49. The molecule has 0 aromatic heterocycles. The number of hydrogen-bond donors (Lipinski definition) is 3. The lowest BCUT2D eigenvalue weighted by Gasteiger charge is -2.54. The fraction of sp³-hybridized carbons (Fsp3) is 0.364. The minimum atomic E-state index is -1.34. The summed E-state index contributed by atoms with van der Waals surface area (Å²) in [6.45, 7) is 6.92. The second-order valence-corrected chi connectivity index (χ2v) is 12.2. The molecule has 1 aliphatic heterocycles. The van der Waals surface area contributed by atoms with Gasteiger partial charge in [-0.3, -0.25) is 19.2 Å². The van der Waals surface area contributed by atoms with E-state index in [4.69, 9.17) is 0 Å². The number of allylic oxidation sites excluding steroid dienone is 4. The minimum absolute atomic E-state index is 0.0770. The van der Waals surface area contributed by atoms with Gasteiger partial charge in [-0.1, -0.05) is 30.7 Å². The van der Waals surface area contributed by atoms with Crippen molar-refractivity contribution in [3.05, 3.63) is 75.9 Å². The number of phenolic OH excluding ortho intramolecular Hbond substituents is 1. The molecule has 2 aromatic carbocycles. The number of amides is 2. The van der Waals surface area contributed by atoms with Crippen molar-refractivity contribution < 1.29 is 39.3 Å². The third kappa shape index (κ3) is 3.58. The summed E-state index contributed by atoms with van der Waals surface area (Å²) in [4.78, 5) is 68.0. The number of carbonyl (C=O) groups excluding carboxylic acids is 4. The molecule has 216 valence electrons. The van der Waals surface area contributed by atoms with E-state index in [-0.39, 0.29) is 41.4 Å². The highest BCUT2D eigenvalue weighted by atomic mass is 16.4. The van der Waals surface area contributed by atoms with E-state index in [0.717, 1.165) is 28.2 Å². The zero-order valence-electron chi connectivity index (χ0n) is 23.7. The number of aromatic hydroxyl groups is 2. The number of hydrogen-bond acceptors (Lipinski definition) is 7. The molecule has 6 rings (SSSR count). The van der Waals surface area contributed by atoms with Gasteiger partial charge in [-0.2, -0.15) is 0 Å². The summed E-state index contributed by atoms with van der Waals surface area (Å²) in [7, 11) is 0. The standard InChI is InChI=1S/C33H31NO8/c1-14-11-17(5-10-24(14)35)27-19-8-9-21-26(22(19)13-23-28(37)15(2)16(3)29(38)33(23,27)4)31(40)34(30(21)39)18-6-7-20(32(41)42)25(36)12-18/h5-8,10-12,21-23,26-27,35-36H,9,13H2,1-4H3,(H,41,42)/t21-,22+,23-,26-,27-,33+/m0/s1. The third-order valence-corrected chi connectivity index (χ3v) is 10.2. The average molecular weight is 570 g/mol. The molecule has 6 atom stereocenters. The maximum atomic E-state index is 14.1. The molecule has 9 nitrogen and oxygen atoms in total. The highest BCUT2D eigenvalue weighted by Crippen LogP contribution is 2.63. The van der Waals surface area contributed by atoms with Crippen molar-refractivity contribution >= 4 is 35.0 Å². The Hall–Kier alpha value is -4.53. The van der Waals surface area contributed by atoms with Gasteiger partial charge in [0.1, 0.15) is 17.1 Å². The molecule has 1 heterocycles. The number of ketones is 2. The largest absolute Gasteiger partial charge is 0.508 e. The van der Waals surface area contributed by atoms with Gasteiger partial charge in [-0.25, -0.2) is 9.69 Å². The summed E-state index contributed by atoms with van der Waals surface area (Å²) in [6.07, 6.45) is 2.42. The van der Waals surface area contributed by atoms with Crippen LogP contribution in [0.4, 0.5) is 5.69 Å². The highest BCUT2D eigenvalue weighted by Gasteiger charge is 2.64. The zero-order valence-corrected chi connectivity index (χ0v) is 23.7. The fourth-order valence-electron chi connectivity index (χ4n) is 7.91. The van der Waals surface area contributed by atoms with Crippen molar-refractivity contribution in [2.24, 2.45) is 29.1 Å². The number of carboxylic acids is 1. The molecule has 2 amide bonds. The first kappa shape index (κ1) is 27.6. The van der Waals surface area contributed by atoms with Crippen LogP contribution in [0.5, 0.6) is 11.5 Å². The number of Topliss-reactive ketones (excluding diaryl/α,β-unsaturated/α-hetero) is 2. The molecule has 0 spiro atoms. The van der Waals surface area contributed by atoms with Crippen molar-refractivity contribution in [2.45, 2.75) is 46.5 Å². The Morgan fingerprint density at radius 3 is 2.26 bits per heavy atom. The molecule has 2 aromatic rings. The van der Waals surface area contributed by atoms with E-state index in [1.807, 2.05) is 19.1 Å².